The van der Waals surface area contributed by atoms with Gasteiger partial charge in [-0.2, -0.15) is 13.2 Å². The van der Waals surface area contributed by atoms with E-state index in [1.165, 1.54) is 0 Å². The molecule has 4 nitrogen and oxygen atoms in total. The SMILES string of the molecule is CC(NCCCN=C(N)N)C(F)(F)F. The minimum atomic E-state index is -4.20. The molecule has 0 aromatic rings. The topological polar surface area (TPSA) is 76.4 Å². The minimum absolute atomic E-state index is 0.0473. The van der Waals surface area contributed by atoms with Crippen molar-refractivity contribution in [2.24, 2.45) is 16.5 Å². The van der Waals surface area contributed by atoms with Crippen molar-refractivity contribution in [2.75, 3.05) is 13.1 Å². The fourth-order valence-electron chi connectivity index (χ4n) is 0.722. The highest BCUT2D eigenvalue weighted by molar-refractivity contribution is 5.75. The Kier molecular flexibility index (Phi) is 5.29. The van der Waals surface area contributed by atoms with Crippen LogP contribution in [0.1, 0.15) is 13.3 Å². The summed E-state index contributed by atoms with van der Waals surface area (Å²) >= 11 is 0. The van der Waals surface area contributed by atoms with Crippen LogP contribution < -0.4 is 16.8 Å². The van der Waals surface area contributed by atoms with E-state index >= 15 is 0 Å². The normalized spacial score (nSPS) is 13.7. The van der Waals surface area contributed by atoms with Crippen molar-refractivity contribution in [3.8, 4) is 0 Å². The molecule has 0 rings (SSSR count). The van der Waals surface area contributed by atoms with Crippen molar-refractivity contribution >= 4 is 5.96 Å². The number of guanidine groups is 1. The van der Waals surface area contributed by atoms with Crippen molar-refractivity contribution in [3.05, 3.63) is 0 Å². The Morgan fingerprint density at radius 3 is 2.43 bits per heavy atom. The molecule has 0 fully saturated rings. The van der Waals surface area contributed by atoms with Crippen molar-refractivity contribution in [1.29, 1.82) is 0 Å². The summed E-state index contributed by atoms with van der Waals surface area (Å²) in [6.07, 6.45) is -3.73. The first-order chi connectivity index (χ1) is 6.34. The standard InChI is InChI=1S/C7H15F3N4/c1-5(7(8,9)10)13-3-2-4-14-6(11)12/h5,13H,2-4H2,1H3,(H4,11,12,14). The van der Waals surface area contributed by atoms with E-state index < -0.39 is 12.2 Å². The van der Waals surface area contributed by atoms with Crippen LogP contribution in [0.4, 0.5) is 13.2 Å². The van der Waals surface area contributed by atoms with Gasteiger partial charge in [0.15, 0.2) is 5.96 Å². The van der Waals surface area contributed by atoms with Crippen molar-refractivity contribution in [3.63, 3.8) is 0 Å². The molecule has 14 heavy (non-hydrogen) atoms. The second-order valence-corrected chi connectivity index (χ2v) is 2.88. The quantitative estimate of drug-likeness (QED) is 0.346. The predicted molar refractivity (Wildman–Crippen MR) is 48.8 cm³/mol. The van der Waals surface area contributed by atoms with Gasteiger partial charge in [0.1, 0.15) is 6.04 Å². The summed E-state index contributed by atoms with van der Waals surface area (Å²) in [7, 11) is 0. The highest BCUT2D eigenvalue weighted by Crippen LogP contribution is 2.19. The highest BCUT2D eigenvalue weighted by Gasteiger charge is 2.35. The number of hydrogen-bond acceptors (Lipinski definition) is 2. The molecule has 0 aliphatic carbocycles. The molecule has 84 valence electrons. The summed E-state index contributed by atoms with van der Waals surface area (Å²) in [4.78, 5) is 3.63. The number of hydrogen-bond donors (Lipinski definition) is 3. The number of nitrogens with one attached hydrogen (secondary N) is 1. The van der Waals surface area contributed by atoms with Gasteiger partial charge in [-0.3, -0.25) is 4.99 Å². The largest absolute Gasteiger partial charge is 0.403 e. The molecule has 5 N–H and O–H groups in total. The molecule has 1 atom stereocenters. The lowest BCUT2D eigenvalue weighted by molar-refractivity contribution is -0.151. The van der Waals surface area contributed by atoms with Gasteiger partial charge in [0.25, 0.3) is 0 Å². The lowest BCUT2D eigenvalue weighted by Crippen LogP contribution is -2.40. The van der Waals surface area contributed by atoms with Crippen LogP contribution in [-0.4, -0.2) is 31.3 Å². The summed E-state index contributed by atoms with van der Waals surface area (Å²) < 4.78 is 35.9. The van der Waals surface area contributed by atoms with Gasteiger partial charge >= 0.3 is 6.18 Å². The first-order valence-corrected chi connectivity index (χ1v) is 4.19. The van der Waals surface area contributed by atoms with Gasteiger partial charge in [0.2, 0.25) is 0 Å². The Balaban J connectivity index is 3.51. The van der Waals surface area contributed by atoms with Crippen LogP contribution in [0, 0.1) is 0 Å². The molecule has 0 amide bonds. The molecule has 0 aliphatic rings. The molecule has 0 heterocycles. The van der Waals surface area contributed by atoms with E-state index in [2.05, 4.69) is 10.3 Å². The first kappa shape index (κ1) is 13.0. The lowest BCUT2D eigenvalue weighted by Gasteiger charge is -2.16. The number of alkyl halides is 3. The average molecular weight is 212 g/mol. The predicted octanol–water partition coefficient (Wildman–Crippen LogP) is 0.190. The number of halogens is 3. The summed E-state index contributed by atoms with van der Waals surface area (Å²) in [5.41, 5.74) is 10.1. The van der Waals surface area contributed by atoms with E-state index in [4.69, 9.17) is 11.5 Å². The monoisotopic (exact) mass is 212 g/mol. The third kappa shape index (κ3) is 6.53. The Morgan fingerprint density at radius 1 is 1.43 bits per heavy atom. The Labute approximate surface area is 80.6 Å². The van der Waals surface area contributed by atoms with Gasteiger partial charge in [0, 0.05) is 6.54 Å². The van der Waals surface area contributed by atoms with Crippen molar-refractivity contribution in [2.45, 2.75) is 25.6 Å². The van der Waals surface area contributed by atoms with Crippen LogP contribution in [-0.2, 0) is 0 Å². The highest BCUT2D eigenvalue weighted by atomic mass is 19.4. The Morgan fingerprint density at radius 2 is 2.00 bits per heavy atom. The van der Waals surface area contributed by atoms with Gasteiger partial charge in [-0.25, -0.2) is 0 Å². The van der Waals surface area contributed by atoms with Gasteiger partial charge in [-0.05, 0) is 19.9 Å². The van der Waals surface area contributed by atoms with E-state index in [1.807, 2.05) is 0 Å². The zero-order valence-electron chi connectivity index (χ0n) is 7.93. The first-order valence-electron chi connectivity index (χ1n) is 4.19. The molecular weight excluding hydrogens is 197 g/mol. The summed E-state index contributed by atoms with van der Waals surface area (Å²) in [5, 5.41) is 2.32. The number of rotatable bonds is 5. The van der Waals surface area contributed by atoms with E-state index in [0.29, 0.717) is 13.0 Å². The molecule has 0 aromatic heterocycles. The summed E-state index contributed by atoms with van der Waals surface area (Å²) in [5.74, 6) is -0.0473. The van der Waals surface area contributed by atoms with Crippen molar-refractivity contribution in [1.82, 2.24) is 5.32 Å². The van der Waals surface area contributed by atoms with Crippen molar-refractivity contribution < 1.29 is 13.2 Å². The molecule has 7 heteroatoms. The van der Waals surface area contributed by atoms with Gasteiger partial charge in [-0.15, -0.1) is 0 Å². The molecule has 0 bridgehead atoms. The zero-order valence-corrected chi connectivity index (χ0v) is 7.93. The smallest absolute Gasteiger partial charge is 0.370 e. The van der Waals surface area contributed by atoms with Crippen LogP contribution in [0.2, 0.25) is 0 Å². The zero-order chi connectivity index (χ0) is 11.2. The Bertz CT molecular complexity index is 186. The molecule has 0 spiro atoms. The lowest BCUT2D eigenvalue weighted by atomic mass is 10.3. The van der Waals surface area contributed by atoms with E-state index in [0.717, 1.165) is 6.92 Å². The van der Waals surface area contributed by atoms with E-state index in [9.17, 15) is 13.2 Å². The average Bonchev–Trinajstić information content (AvgIpc) is 2.01. The molecular formula is C7H15F3N4. The molecule has 0 radical (unpaired) electrons. The van der Waals surface area contributed by atoms with Gasteiger partial charge in [0.05, 0.1) is 0 Å². The third-order valence-corrected chi connectivity index (χ3v) is 1.57. The third-order valence-electron chi connectivity index (χ3n) is 1.57. The van der Waals surface area contributed by atoms with E-state index in [1.54, 1.807) is 0 Å². The maximum atomic E-state index is 12.0. The number of nitrogens with two attached hydrogens (primary N) is 2. The molecule has 0 saturated carbocycles. The fourth-order valence-corrected chi connectivity index (χ4v) is 0.722. The second kappa shape index (κ2) is 5.69. The van der Waals surface area contributed by atoms with Gasteiger partial charge < -0.3 is 16.8 Å². The molecule has 0 saturated heterocycles. The maximum absolute atomic E-state index is 12.0. The van der Waals surface area contributed by atoms with Crippen LogP contribution in [0.3, 0.4) is 0 Å². The molecule has 1 unspecified atom stereocenters. The maximum Gasteiger partial charge on any atom is 0.403 e. The fraction of sp³-hybridized carbons (Fsp3) is 0.857. The van der Waals surface area contributed by atoms with E-state index in [-0.39, 0.29) is 12.5 Å². The summed E-state index contributed by atoms with van der Waals surface area (Å²) in [6.45, 7) is 1.64. The number of aliphatic imine (C=N–C) groups is 1. The summed E-state index contributed by atoms with van der Waals surface area (Å²) in [6, 6.07) is -1.50. The van der Waals surface area contributed by atoms with Crippen LogP contribution >= 0.6 is 0 Å². The Hall–Kier alpha value is -0.980. The number of nitrogens with zero attached hydrogens (tertiary/aromatic N) is 1. The van der Waals surface area contributed by atoms with Crippen LogP contribution in [0.25, 0.3) is 0 Å². The minimum Gasteiger partial charge on any atom is -0.370 e. The second-order valence-electron chi connectivity index (χ2n) is 2.88. The van der Waals surface area contributed by atoms with Crippen LogP contribution in [0.5, 0.6) is 0 Å². The molecule has 0 aliphatic heterocycles. The van der Waals surface area contributed by atoms with Crippen LogP contribution in [0.15, 0.2) is 4.99 Å². The van der Waals surface area contributed by atoms with Gasteiger partial charge in [-0.1, -0.05) is 0 Å². The molecule has 0 aromatic carbocycles.